The summed E-state index contributed by atoms with van der Waals surface area (Å²) in [5.41, 5.74) is 0.343. The van der Waals surface area contributed by atoms with E-state index in [2.05, 4.69) is 15.4 Å². The van der Waals surface area contributed by atoms with Crippen LogP contribution in [0.3, 0.4) is 0 Å². The maximum absolute atomic E-state index is 13.0. The van der Waals surface area contributed by atoms with Gasteiger partial charge in [-0.15, -0.1) is 12.4 Å². The van der Waals surface area contributed by atoms with Crippen LogP contribution < -0.4 is 15.4 Å². The van der Waals surface area contributed by atoms with Gasteiger partial charge in [-0.1, -0.05) is 18.2 Å². The first-order valence-corrected chi connectivity index (χ1v) is 6.29. The maximum atomic E-state index is 13.0. The van der Waals surface area contributed by atoms with Crippen LogP contribution in [0, 0.1) is 0 Å². The summed E-state index contributed by atoms with van der Waals surface area (Å²) in [6.07, 6.45) is -0.575. The molecule has 22 heavy (non-hydrogen) atoms. The molecule has 2 N–H and O–H groups in total. The van der Waals surface area contributed by atoms with E-state index >= 15 is 0 Å². The Kier molecular flexibility index (Phi) is 6.43. The van der Waals surface area contributed by atoms with Crippen LogP contribution in [0.15, 0.2) is 24.3 Å². The topological polar surface area (TPSA) is 50.4 Å². The van der Waals surface area contributed by atoms with Gasteiger partial charge in [0.1, 0.15) is 5.75 Å². The molecular formula is C13H15ClF4N2O2. The van der Waals surface area contributed by atoms with Gasteiger partial charge in [0, 0.05) is 18.5 Å². The third kappa shape index (κ3) is 5.03. The Morgan fingerprint density at radius 1 is 1.41 bits per heavy atom. The highest BCUT2D eigenvalue weighted by molar-refractivity contribution is 5.85. The van der Waals surface area contributed by atoms with E-state index in [0.717, 1.165) is 0 Å². The van der Waals surface area contributed by atoms with Crippen LogP contribution in [0.2, 0.25) is 0 Å². The summed E-state index contributed by atoms with van der Waals surface area (Å²) in [7, 11) is 0. The van der Waals surface area contributed by atoms with Gasteiger partial charge in [0.25, 0.3) is 5.92 Å². The number of amides is 1. The third-order valence-electron chi connectivity index (χ3n) is 3.07. The number of nitrogens with one attached hydrogen (secondary N) is 2. The van der Waals surface area contributed by atoms with E-state index in [1.165, 1.54) is 18.2 Å². The molecule has 1 atom stereocenters. The number of alkyl halides is 4. The van der Waals surface area contributed by atoms with E-state index in [-0.39, 0.29) is 24.7 Å². The molecular weight excluding hydrogens is 328 g/mol. The Morgan fingerprint density at radius 3 is 2.68 bits per heavy atom. The lowest BCUT2D eigenvalue weighted by Gasteiger charge is -2.14. The van der Waals surface area contributed by atoms with Gasteiger partial charge < -0.3 is 10.1 Å². The van der Waals surface area contributed by atoms with Crippen molar-refractivity contribution in [2.24, 2.45) is 0 Å². The molecule has 0 aromatic heterocycles. The average molecular weight is 343 g/mol. The predicted octanol–water partition coefficient (Wildman–Crippen LogP) is 2.32. The van der Waals surface area contributed by atoms with E-state index in [1.807, 2.05) is 0 Å². The summed E-state index contributed by atoms with van der Waals surface area (Å²) < 4.78 is 54.7. The molecule has 9 heteroatoms. The lowest BCUT2D eigenvalue weighted by Crippen LogP contribution is -2.40. The van der Waals surface area contributed by atoms with Crippen molar-refractivity contribution >= 4 is 18.3 Å². The first kappa shape index (κ1) is 18.5. The molecule has 1 aromatic rings. The molecule has 1 saturated heterocycles. The van der Waals surface area contributed by atoms with Gasteiger partial charge >= 0.3 is 6.61 Å². The van der Waals surface area contributed by atoms with Gasteiger partial charge in [0.2, 0.25) is 5.91 Å². The molecule has 4 nitrogen and oxygen atoms in total. The molecule has 1 amide bonds. The van der Waals surface area contributed by atoms with Crippen molar-refractivity contribution in [2.75, 3.05) is 6.54 Å². The van der Waals surface area contributed by atoms with Crippen molar-refractivity contribution in [3.8, 4) is 5.75 Å². The van der Waals surface area contributed by atoms with Crippen molar-refractivity contribution in [1.82, 2.24) is 10.6 Å². The summed E-state index contributed by atoms with van der Waals surface area (Å²) in [4.78, 5) is 11.7. The van der Waals surface area contributed by atoms with Crippen molar-refractivity contribution in [3.05, 3.63) is 29.8 Å². The minimum Gasteiger partial charge on any atom is -0.434 e. The Morgan fingerprint density at radius 2 is 2.09 bits per heavy atom. The molecule has 0 bridgehead atoms. The predicted molar refractivity (Wildman–Crippen MR) is 73.5 cm³/mol. The summed E-state index contributed by atoms with van der Waals surface area (Å²) in [6, 6.07) is 4.98. The molecule has 0 aliphatic carbocycles. The molecule has 124 valence electrons. The fourth-order valence-electron chi connectivity index (χ4n) is 2.07. The molecule has 1 aliphatic rings. The fraction of sp³-hybridized carbons (Fsp3) is 0.462. The Labute approximate surface area is 130 Å². The second-order valence-electron chi connectivity index (χ2n) is 4.70. The van der Waals surface area contributed by atoms with Gasteiger partial charge in [0.05, 0.1) is 12.6 Å². The van der Waals surface area contributed by atoms with Gasteiger partial charge in [-0.2, -0.15) is 8.78 Å². The van der Waals surface area contributed by atoms with Gasteiger partial charge in [-0.05, 0) is 6.07 Å². The minimum absolute atomic E-state index is 0. The third-order valence-corrected chi connectivity index (χ3v) is 3.07. The second kappa shape index (κ2) is 7.64. The first-order chi connectivity index (χ1) is 9.87. The number of carbonyl (C=O) groups is 1. The SMILES string of the molecule is Cl.O=C(NCc1ccccc1OC(F)F)C1CC(F)(F)CN1. The first-order valence-electron chi connectivity index (χ1n) is 6.29. The van der Waals surface area contributed by atoms with Crippen molar-refractivity contribution < 1.29 is 27.1 Å². The highest BCUT2D eigenvalue weighted by Crippen LogP contribution is 2.25. The molecule has 0 saturated carbocycles. The molecule has 1 aromatic carbocycles. The molecule has 1 unspecified atom stereocenters. The summed E-state index contributed by atoms with van der Waals surface area (Å²) >= 11 is 0. The van der Waals surface area contributed by atoms with Crippen LogP contribution in [0.5, 0.6) is 5.75 Å². The quantitative estimate of drug-likeness (QED) is 0.808. The Hall–Kier alpha value is -1.54. The number of carbonyl (C=O) groups excluding carboxylic acids is 1. The molecule has 1 fully saturated rings. The minimum atomic E-state index is -2.97. The van der Waals surface area contributed by atoms with E-state index in [9.17, 15) is 22.4 Å². The number of hydrogen-bond acceptors (Lipinski definition) is 3. The molecule has 0 spiro atoms. The van der Waals surface area contributed by atoms with Crippen LogP contribution in [0.1, 0.15) is 12.0 Å². The highest BCUT2D eigenvalue weighted by atomic mass is 35.5. The van der Waals surface area contributed by atoms with E-state index in [1.54, 1.807) is 6.07 Å². The van der Waals surface area contributed by atoms with Gasteiger partial charge in [-0.25, -0.2) is 8.78 Å². The van der Waals surface area contributed by atoms with Crippen molar-refractivity contribution in [1.29, 1.82) is 0 Å². The highest BCUT2D eigenvalue weighted by Gasteiger charge is 2.42. The number of halogens is 5. The van der Waals surface area contributed by atoms with Crippen LogP contribution in [-0.4, -0.2) is 31.0 Å². The summed E-state index contributed by atoms with van der Waals surface area (Å²) in [5.74, 6) is -3.56. The summed E-state index contributed by atoms with van der Waals surface area (Å²) in [6.45, 7) is -3.60. The molecule has 1 heterocycles. The lowest BCUT2D eigenvalue weighted by molar-refractivity contribution is -0.123. The van der Waals surface area contributed by atoms with Gasteiger partial charge in [0.15, 0.2) is 0 Å². The molecule has 1 aliphatic heterocycles. The van der Waals surface area contributed by atoms with Gasteiger partial charge in [-0.3, -0.25) is 10.1 Å². The number of para-hydroxylation sites is 1. The van der Waals surface area contributed by atoms with E-state index in [4.69, 9.17) is 0 Å². The zero-order valence-corrected chi connectivity index (χ0v) is 12.1. The Bertz CT molecular complexity index is 517. The van der Waals surface area contributed by atoms with E-state index < -0.39 is 37.4 Å². The zero-order valence-electron chi connectivity index (χ0n) is 11.3. The Balaban J connectivity index is 0.00000242. The van der Waals surface area contributed by atoms with Crippen molar-refractivity contribution in [2.45, 2.75) is 31.5 Å². The smallest absolute Gasteiger partial charge is 0.387 e. The normalized spacial score (nSPS) is 19.6. The van der Waals surface area contributed by atoms with Crippen LogP contribution in [0.4, 0.5) is 17.6 Å². The fourth-order valence-corrected chi connectivity index (χ4v) is 2.07. The largest absolute Gasteiger partial charge is 0.434 e. The number of hydrogen-bond donors (Lipinski definition) is 2. The lowest BCUT2D eigenvalue weighted by atomic mass is 10.1. The number of benzene rings is 1. The van der Waals surface area contributed by atoms with Crippen LogP contribution in [-0.2, 0) is 11.3 Å². The standard InChI is InChI=1S/C13H14F4N2O2.ClH/c14-12(15)21-10-4-2-1-3-8(10)6-18-11(20)9-5-13(16,17)7-19-9;/h1-4,9,12,19H,5-7H2,(H,18,20);1H. The monoisotopic (exact) mass is 342 g/mol. The average Bonchev–Trinajstić information content (AvgIpc) is 2.77. The van der Waals surface area contributed by atoms with Crippen molar-refractivity contribution in [3.63, 3.8) is 0 Å². The van der Waals surface area contributed by atoms with E-state index in [0.29, 0.717) is 5.56 Å². The second-order valence-corrected chi connectivity index (χ2v) is 4.70. The summed E-state index contributed by atoms with van der Waals surface area (Å²) in [5, 5.41) is 4.85. The van der Waals surface area contributed by atoms with Crippen LogP contribution in [0.25, 0.3) is 0 Å². The number of ether oxygens (including phenoxy) is 1. The molecule has 0 radical (unpaired) electrons. The van der Waals surface area contributed by atoms with Crippen LogP contribution >= 0.6 is 12.4 Å². The maximum Gasteiger partial charge on any atom is 0.387 e. The number of rotatable bonds is 5. The zero-order chi connectivity index (χ0) is 15.5. The molecule has 2 rings (SSSR count).